The third-order valence-corrected chi connectivity index (χ3v) is 6.18. The van der Waals surface area contributed by atoms with Crippen LogP contribution in [0.1, 0.15) is 25.1 Å². The van der Waals surface area contributed by atoms with Gasteiger partial charge in [0.1, 0.15) is 17.7 Å². The number of hydrogen-bond acceptors (Lipinski definition) is 5. The molecule has 0 radical (unpaired) electrons. The summed E-state index contributed by atoms with van der Waals surface area (Å²) in [4.78, 5) is 29.4. The van der Waals surface area contributed by atoms with Gasteiger partial charge in [-0.1, -0.05) is 48.3 Å². The molecule has 5 rings (SSSR count). The van der Waals surface area contributed by atoms with Crippen molar-refractivity contribution < 1.29 is 4.39 Å². The molecule has 1 atom stereocenters. The number of anilines is 1. The van der Waals surface area contributed by atoms with E-state index in [0.29, 0.717) is 45.2 Å². The number of halogens is 3. The van der Waals surface area contributed by atoms with E-state index in [-0.39, 0.29) is 16.5 Å². The van der Waals surface area contributed by atoms with E-state index in [2.05, 4.69) is 25.3 Å². The van der Waals surface area contributed by atoms with Gasteiger partial charge in [-0.05, 0) is 36.1 Å². The van der Waals surface area contributed by atoms with Crippen molar-refractivity contribution in [3.05, 3.63) is 87.0 Å². The predicted molar refractivity (Wildman–Crippen MR) is 128 cm³/mol. The standard InChI is InChI=1S/C23H17Cl2FN6O/c1-2-15(31-22-20-21(28-10-27-20)29-11-30-22)17-9-12-7-8-14(26)19(25)18(12)23(33)32(17)16-6-4-3-5-13(16)24/h3-11,15H,2H2,1H3,(H2,27,28,29,30,31). The second-order valence-corrected chi connectivity index (χ2v) is 8.20. The van der Waals surface area contributed by atoms with Crippen LogP contribution in [0.15, 0.2) is 59.9 Å². The Bertz CT molecular complexity index is 1560. The maximum absolute atomic E-state index is 14.2. The van der Waals surface area contributed by atoms with Crippen molar-refractivity contribution in [2.75, 3.05) is 5.32 Å². The van der Waals surface area contributed by atoms with Crippen LogP contribution in [0, 0.1) is 5.82 Å². The summed E-state index contributed by atoms with van der Waals surface area (Å²) in [5.74, 6) is -0.143. The molecular formula is C23H17Cl2FN6O. The minimum absolute atomic E-state index is 0.0897. The van der Waals surface area contributed by atoms with Gasteiger partial charge in [0, 0.05) is 5.69 Å². The van der Waals surface area contributed by atoms with Gasteiger partial charge in [0.25, 0.3) is 5.56 Å². The summed E-state index contributed by atoms with van der Waals surface area (Å²) in [6.07, 6.45) is 3.57. The number of aromatic nitrogens is 5. The average molecular weight is 483 g/mol. The summed E-state index contributed by atoms with van der Waals surface area (Å²) >= 11 is 12.7. The third kappa shape index (κ3) is 3.61. The molecule has 0 aliphatic rings. The summed E-state index contributed by atoms with van der Waals surface area (Å²) in [5.41, 5.74) is 1.79. The number of H-pyrrole nitrogens is 1. The quantitative estimate of drug-likeness (QED) is 0.337. The monoisotopic (exact) mass is 482 g/mol. The van der Waals surface area contributed by atoms with Gasteiger partial charge in [-0.2, -0.15) is 0 Å². The first kappa shape index (κ1) is 21.4. The van der Waals surface area contributed by atoms with Crippen LogP contribution in [0.3, 0.4) is 0 Å². The molecule has 5 aromatic rings. The fourth-order valence-corrected chi connectivity index (χ4v) is 4.39. The van der Waals surface area contributed by atoms with Crippen LogP contribution in [-0.4, -0.2) is 24.5 Å². The Morgan fingerprint density at radius 2 is 1.97 bits per heavy atom. The highest BCUT2D eigenvalue weighted by Gasteiger charge is 2.23. The van der Waals surface area contributed by atoms with E-state index in [1.807, 2.05) is 13.0 Å². The Labute approximate surface area is 197 Å². The van der Waals surface area contributed by atoms with Crippen LogP contribution < -0.4 is 10.9 Å². The number of para-hydroxylation sites is 1. The molecule has 0 saturated heterocycles. The SMILES string of the molecule is CCC(Nc1ncnc2[nH]cnc12)c1cc2ccc(F)c(Cl)c2c(=O)n1-c1ccccc1Cl. The summed E-state index contributed by atoms with van der Waals surface area (Å²) in [5, 5.41) is 4.15. The van der Waals surface area contributed by atoms with Gasteiger partial charge in [0.15, 0.2) is 11.5 Å². The molecule has 0 fully saturated rings. The van der Waals surface area contributed by atoms with Crippen LogP contribution in [0.25, 0.3) is 27.6 Å². The van der Waals surface area contributed by atoms with E-state index >= 15 is 0 Å². The Morgan fingerprint density at radius 1 is 1.15 bits per heavy atom. The number of rotatable bonds is 5. The lowest BCUT2D eigenvalue weighted by Crippen LogP contribution is -2.27. The molecule has 0 aliphatic heterocycles. The van der Waals surface area contributed by atoms with Gasteiger partial charge in [0.05, 0.1) is 33.5 Å². The summed E-state index contributed by atoms with van der Waals surface area (Å²) in [6, 6.07) is 11.2. The van der Waals surface area contributed by atoms with Gasteiger partial charge in [-0.3, -0.25) is 9.36 Å². The van der Waals surface area contributed by atoms with Crippen LogP contribution >= 0.6 is 23.2 Å². The van der Waals surface area contributed by atoms with Crippen molar-refractivity contribution in [3.8, 4) is 5.69 Å². The van der Waals surface area contributed by atoms with E-state index in [0.717, 1.165) is 0 Å². The average Bonchev–Trinajstić information content (AvgIpc) is 3.30. The van der Waals surface area contributed by atoms with Crippen LogP contribution in [0.2, 0.25) is 10.0 Å². The number of nitrogens with zero attached hydrogens (tertiary/aromatic N) is 4. The Kier molecular flexibility index (Phi) is 5.47. The Hall–Kier alpha value is -3.49. The zero-order valence-electron chi connectivity index (χ0n) is 17.3. The zero-order chi connectivity index (χ0) is 23.1. The minimum Gasteiger partial charge on any atom is -0.360 e. The van der Waals surface area contributed by atoms with Crippen molar-refractivity contribution in [1.29, 1.82) is 0 Å². The van der Waals surface area contributed by atoms with E-state index in [1.54, 1.807) is 30.3 Å². The molecule has 2 N–H and O–H groups in total. The van der Waals surface area contributed by atoms with E-state index in [9.17, 15) is 9.18 Å². The molecule has 33 heavy (non-hydrogen) atoms. The lowest BCUT2D eigenvalue weighted by Gasteiger charge is -2.24. The molecule has 10 heteroatoms. The zero-order valence-corrected chi connectivity index (χ0v) is 18.8. The van der Waals surface area contributed by atoms with Gasteiger partial charge in [0.2, 0.25) is 0 Å². The molecular weight excluding hydrogens is 466 g/mol. The fourth-order valence-electron chi connectivity index (χ4n) is 3.91. The van der Waals surface area contributed by atoms with Crippen LogP contribution in [0.4, 0.5) is 10.2 Å². The first-order valence-corrected chi connectivity index (χ1v) is 10.9. The highest BCUT2D eigenvalue weighted by molar-refractivity contribution is 6.35. The summed E-state index contributed by atoms with van der Waals surface area (Å²) in [7, 11) is 0. The number of fused-ring (bicyclic) bond motifs is 2. The predicted octanol–water partition coefficient (Wildman–Crippen LogP) is 5.67. The number of hydrogen-bond donors (Lipinski definition) is 2. The van der Waals surface area contributed by atoms with Gasteiger partial charge in [-0.25, -0.2) is 19.3 Å². The molecule has 0 amide bonds. The van der Waals surface area contributed by atoms with Crippen molar-refractivity contribution in [1.82, 2.24) is 24.5 Å². The third-order valence-electron chi connectivity index (χ3n) is 5.49. The molecule has 3 aromatic heterocycles. The molecule has 2 aromatic carbocycles. The second kappa shape index (κ2) is 8.46. The lowest BCUT2D eigenvalue weighted by atomic mass is 10.0. The van der Waals surface area contributed by atoms with Gasteiger partial charge >= 0.3 is 0 Å². The fraction of sp³-hybridized carbons (Fsp3) is 0.130. The van der Waals surface area contributed by atoms with Crippen molar-refractivity contribution >= 4 is 51.0 Å². The van der Waals surface area contributed by atoms with Crippen molar-refractivity contribution in [2.45, 2.75) is 19.4 Å². The van der Waals surface area contributed by atoms with E-state index in [1.165, 1.54) is 23.3 Å². The van der Waals surface area contributed by atoms with E-state index in [4.69, 9.17) is 23.2 Å². The number of nitrogens with one attached hydrogen (secondary N) is 2. The van der Waals surface area contributed by atoms with Crippen LogP contribution in [-0.2, 0) is 0 Å². The van der Waals surface area contributed by atoms with Crippen molar-refractivity contribution in [3.63, 3.8) is 0 Å². The van der Waals surface area contributed by atoms with Gasteiger partial charge in [-0.15, -0.1) is 0 Å². The topological polar surface area (TPSA) is 88.5 Å². The number of imidazole rings is 1. The number of pyridine rings is 1. The molecule has 7 nitrogen and oxygen atoms in total. The molecule has 3 heterocycles. The lowest BCUT2D eigenvalue weighted by molar-refractivity contribution is 0.629. The molecule has 166 valence electrons. The van der Waals surface area contributed by atoms with Crippen LogP contribution in [0.5, 0.6) is 0 Å². The largest absolute Gasteiger partial charge is 0.360 e. The van der Waals surface area contributed by atoms with Gasteiger partial charge < -0.3 is 10.3 Å². The van der Waals surface area contributed by atoms with Crippen molar-refractivity contribution in [2.24, 2.45) is 0 Å². The molecule has 0 bridgehead atoms. The molecule has 0 aliphatic carbocycles. The maximum atomic E-state index is 14.2. The smallest absolute Gasteiger partial charge is 0.264 e. The normalized spacial score (nSPS) is 12.4. The highest BCUT2D eigenvalue weighted by Crippen LogP contribution is 2.32. The Balaban J connectivity index is 1.78. The first-order valence-electron chi connectivity index (χ1n) is 10.2. The number of aromatic amines is 1. The minimum atomic E-state index is -0.660. The first-order chi connectivity index (χ1) is 16.0. The summed E-state index contributed by atoms with van der Waals surface area (Å²) in [6.45, 7) is 1.98. The Morgan fingerprint density at radius 3 is 2.76 bits per heavy atom. The van der Waals surface area contributed by atoms with E-state index < -0.39 is 11.4 Å². The molecule has 0 spiro atoms. The molecule has 0 saturated carbocycles. The summed E-state index contributed by atoms with van der Waals surface area (Å²) < 4.78 is 15.7. The molecule has 1 unspecified atom stereocenters. The number of benzene rings is 2. The highest BCUT2D eigenvalue weighted by atomic mass is 35.5. The maximum Gasteiger partial charge on any atom is 0.264 e. The second-order valence-electron chi connectivity index (χ2n) is 7.41.